The molecular weight excluding hydrogens is 338 g/mol. The normalized spacial score (nSPS) is 12.0. The van der Waals surface area contributed by atoms with Gasteiger partial charge in [0.2, 0.25) is 0 Å². The molecule has 0 atom stereocenters. The number of rotatable bonds is 3. The van der Waals surface area contributed by atoms with Crippen LogP contribution in [-0.4, -0.2) is 17.9 Å². The van der Waals surface area contributed by atoms with Crippen molar-refractivity contribution in [1.82, 2.24) is 4.98 Å². The number of ketones is 1. The molecular formula is C23H15NO3. The van der Waals surface area contributed by atoms with Crippen molar-refractivity contribution < 1.29 is 13.9 Å². The van der Waals surface area contributed by atoms with E-state index in [-0.39, 0.29) is 5.78 Å². The average Bonchev–Trinajstić information content (AvgIpc) is 3.36. The first kappa shape index (κ1) is 15.6. The number of hydrogen-bond acceptors (Lipinski definition) is 4. The van der Waals surface area contributed by atoms with Gasteiger partial charge in [-0.1, -0.05) is 24.3 Å². The van der Waals surface area contributed by atoms with Crippen LogP contribution >= 0.6 is 0 Å². The zero-order valence-electron chi connectivity index (χ0n) is 14.6. The number of hydrogen-bond donors (Lipinski definition) is 0. The maximum Gasteiger partial charge on any atom is 0.196 e. The summed E-state index contributed by atoms with van der Waals surface area (Å²) in [6.45, 7) is 0. The molecule has 4 heteroatoms. The first-order chi connectivity index (χ1) is 13.3. The van der Waals surface area contributed by atoms with Crippen molar-refractivity contribution in [2.24, 2.45) is 0 Å². The maximum absolute atomic E-state index is 13.0. The first-order valence-corrected chi connectivity index (χ1v) is 8.63. The summed E-state index contributed by atoms with van der Waals surface area (Å²) >= 11 is 0. The number of pyridine rings is 1. The molecule has 2 aromatic carbocycles. The van der Waals surface area contributed by atoms with Gasteiger partial charge < -0.3 is 9.15 Å². The Morgan fingerprint density at radius 2 is 1.67 bits per heavy atom. The summed E-state index contributed by atoms with van der Waals surface area (Å²) < 4.78 is 10.9. The Balaban J connectivity index is 1.78. The Hall–Kier alpha value is -3.66. The van der Waals surface area contributed by atoms with Gasteiger partial charge in [0.05, 0.1) is 30.3 Å². The summed E-state index contributed by atoms with van der Waals surface area (Å²) in [5.41, 5.74) is 5.34. The minimum Gasteiger partial charge on any atom is -0.497 e. The van der Waals surface area contributed by atoms with E-state index in [9.17, 15) is 4.79 Å². The lowest BCUT2D eigenvalue weighted by molar-refractivity contribution is 0.104. The van der Waals surface area contributed by atoms with E-state index in [0.29, 0.717) is 22.6 Å². The number of ether oxygens (including phenoxy) is 1. The van der Waals surface area contributed by atoms with Crippen LogP contribution in [0.3, 0.4) is 0 Å². The third-order valence-electron chi connectivity index (χ3n) is 4.85. The largest absolute Gasteiger partial charge is 0.497 e. The van der Waals surface area contributed by atoms with Gasteiger partial charge in [0.1, 0.15) is 11.5 Å². The van der Waals surface area contributed by atoms with E-state index in [1.54, 1.807) is 13.4 Å². The van der Waals surface area contributed by atoms with Crippen LogP contribution in [-0.2, 0) is 0 Å². The van der Waals surface area contributed by atoms with Crippen molar-refractivity contribution in [1.29, 1.82) is 0 Å². The highest BCUT2D eigenvalue weighted by molar-refractivity contribution is 6.24. The van der Waals surface area contributed by atoms with Crippen LogP contribution in [0.2, 0.25) is 0 Å². The predicted molar refractivity (Wildman–Crippen MR) is 103 cm³/mol. The smallest absolute Gasteiger partial charge is 0.196 e. The molecule has 0 amide bonds. The fourth-order valence-corrected chi connectivity index (χ4v) is 3.53. The maximum atomic E-state index is 13.0. The third-order valence-corrected chi connectivity index (χ3v) is 4.85. The summed E-state index contributed by atoms with van der Waals surface area (Å²) in [5, 5.41) is 0. The van der Waals surface area contributed by atoms with Crippen molar-refractivity contribution in [3.05, 3.63) is 84.1 Å². The second-order valence-corrected chi connectivity index (χ2v) is 6.36. The van der Waals surface area contributed by atoms with Crippen LogP contribution in [0.25, 0.3) is 33.8 Å². The Morgan fingerprint density at radius 1 is 0.889 bits per heavy atom. The van der Waals surface area contributed by atoms with Gasteiger partial charge in [-0.2, -0.15) is 0 Å². The lowest BCUT2D eigenvalue weighted by atomic mass is 9.99. The summed E-state index contributed by atoms with van der Waals surface area (Å²) in [4.78, 5) is 17.9. The lowest BCUT2D eigenvalue weighted by Crippen LogP contribution is -2.00. The molecule has 2 aromatic heterocycles. The third kappa shape index (κ3) is 2.38. The molecule has 4 nitrogen and oxygen atoms in total. The van der Waals surface area contributed by atoms with Crippen molar-refractivity contribution in [2.45, 2.75) is 0 Å². The van der Waals surface area contributed by atoms with Gasteiger partial charge in [0.25, 0.3) is 0 Å². The van der Waals surface area contributed by atoms with E-state index in [1.807, 2.05) is 66.7 Å². The summed E-state index contributed by atoms with van der Waals surface area (Å²) in [6, 6.07) is 20.9. The number of furan rings is 1. The highest BCUT2D eigenvalue weighted by atomic mass is 16.5. The molecule has 1 aliphatic carbocycles. The molecule has 1 aliphatic rings. The van der Waals surface area contributed by atoms with Gasteiger partial charge in [-0.05, 0) is 42.5 Å². The van der Waals surface area contributed by atoms with Gasteiger partial charge in [0.15, 0.2) is 5.78 Å². The van der Waals surface area contributed by atoms with E-state index in [2.05, 4.69) is 0 Å². The van der Waals surface area contributed by atoms with E-state index in [1.165, 1.54) is 0 Å². The second-order valence-electron chi connectivity index (χ2n) is 6.36. The molecule has 0 spiro atoms. The molecule has 0 aliphatic heterocycles. The Morgan fingerprint density at radius 3 is 2.37 bits per heavy atom. The monoisotopic (exact) mass is 353 g/mol. The SMILES string of the molecule is COc1ccc(-c2cc(-c3ccco3)c3c(n2)-c2ccccc2C3=O)cc1. The standard InChI is InChI=1S/C23H15NO3/c1-26-15-10-8-14(9-11-15)19-13-18(20-7-4-12-27-20)21-22(24-19)16-5-2-3-6-17(16)23(21)25/h2-13H,1H3. The minimum atomic E-state index is -0.0132. The molecule has 5 rings (SSSR count). The fraction of sp³-hybridized carbons (Fsp3) is 0.0435. The Kier molecular flexibility index (Phi) is 3.44. The van der Waals surface area contributed by atoms with E-state index in [4.69, 9.17) is 14.1 Å². The van der Waals surface area contributed by atoms with E-state index >= 15 is 0 Å². The average molecular weight is 353 g/mol. The number of aromatic nitrogens is 1. The molecule has 0 bridgehead atoms. The summed E-state index contributed by atoms with van der Waals surface area (Å²) in [5.74, 6) is 1.43. The molecule has 0 saturated heterocycles. The molecule has 27 heavy (non-hydrogen) atoms. The first-order valence-electron chi connectivity index (χ1n) is 8.63. The van der Waals surface area contributed by atoms with Crippen LogP contribution in [0.5, 0.6) is 5.75 Å². The summed E-state index contributed by atoms with van der Waals surface area (Å²) in [7, 11) is 1.64. The van der Waals surface area contributed by atoms with Gasteiger partial charge in [-0.25, -0.2) is 4.98 Å². The van der Waals surface area contributed by atoms with E-state index in [0.717, 1.165) is 28.1 Å². The number of fused-ring (bicyclic) bond motifs is 3. The molecule has 0 unspecified atom stereocenters. The van der Waals surface area contributed by atoms with Crippen LogP contribution in [0.15, 0.2) is 77.4 Å². The molecule has 130 valence electrons. The van der Waals surface area contributed by atoms with Crippen LogP contribution in [0.1, 0.15) is 15.9 Å². The molecule has 0 N–H and O–H groups in total. The van der Waals surface area contributed by atoms with Gasteiger partial charge in [-0.15, -0.1) is 0 Å². The number of methoxy groups -OCH3 is 1. The van der Waals surface area contributed by atoms with Gasteiger partial charge in [0, 0.05) is 22.3 Å². The predicted octanol–water partition coefficient (Wildman–Crippen LogP) is 5.23. The summed E-state index contributed by atoms with van der Waals surface area (Å²) in [6.07, 6.45) is 1.61. The molecule has 0 fully saturated rings. The second kappa shape index (κ2) is 5.95. The van der Waals surface area contributed by atoms with Crippen molar-refractivity contribution in [2.75, 3.05) is 7.11 Å². The highest BCUT2D eigenvalue weighted by Crippen LogP contribution is 2.42. The van der Waals surface area contributed by atoms with E-state index < -0.39 is 0 Å². The lowest BCUT2D eigenvalue weighted by Gasteiger charge is -2.10. The van der Waals surface area contributed by atoms with Crippen molar-refractivity contribution in [3.63, 3.8) is 0 Å². The molecule has 4 aromatic rings. The number of nitrogens with zero attached hydrogens (tertiary/aromatic N) is 1. The quantitative estimate of drug-likeness (QED) is 0.446. The topological polar surface area (TPSA) is 52.3 Å². The fourth-order valence-electron chi connectivity index (χ4n) is 3.53. The Bertz CT molecular complexity index is 1160. The molecule has 0 saturated carbocycles. The molecule has 0 radical (unpaired) electrons. The van der Waals surface area contributed by atoms with Crippen LogP contribution in [0.4, 0.5) is 0 Å². The van der Waals surface area contributed by atoms with Gasteiger partial charge >= 0.3 is 0 Å². The molecule has 2 heterocycles. The number of benzene rings is 2. The van der Waals surface area contributed by atoms with Crippen molar-refractivity contribution in [3.8, 4) is 39.6 Å². The zero-order chi connectivity index (χ0) is 18.4. The van der Waals surface area contributed by atoms with Crippen molar-refractivity contribution >= 4 is 5.78 Å². The number of carbonyl (C=O) groups excluding carboxylic acids is 1. The Labute approximate surface area is 156 Å². The van der Waals surface area contributed by atoms with Crippen LogP contribution in [0, 0.1) is 0 Å². The van der Waals surface area contributed by atoms with Crippen LogP contribution < -0.4 is 4.74 Å². The highest BCUT2D eigenvalue weighted by Gasteiger charge is 2.32. The minimum absolute atomic E-state index is 0.0132. The zero-order valence-corrected chi connectivity index (χ0v) is 14.6. The number of carbonyl (C=O) groups is 1. The van der Waals surface area contributed by atoms with Gasteiger partial charge in [-0.3, -0.25) is 4.79 Å².